The van der Waals surface area contributed by atoms with E-state index < -0.39 is 12.1 Å². The minimum absolute atomic E-state index is 0.0104. The van der Waals surface area contributed by atoms with Gasteiger partial charge in [0.15, 0.2) is 5.13 Å². The van der Waals surface area contributed by atoms with E-state index in [1.807, 2.05) is 35.7 Å². The van der Waals surface area contributed by atoms with Gasteiger partial charge in [-0.15, -0.1) is 11.3 Å². The molecular weight excluding hydrogens is 525 g/mol. The summed E-state index contributed by atoms with van der Waals surface area (Å²) >= 11 is 7.85. The number of thiazole rings is 1. The SMILES string of the molecule is O=C(Nc1nc(-c2ccc(CNc3c(Cl)ccc4c3CCN(C(=O)C(F)(F)F)CC4)cc2)cs1)C1CC1. The Morgan fingerprint density at radius 1 is 1.08 bits per heavy atom. The Hall–Kier alpha value is -3.11. The Balaban J connectivity index is 1.24. The number of fused-ring (bicyclic) bond motifs is 1. The van der Waals surface area contributed by atoms with Gasteiger partial charge in [0.25, 0.3) is 0 Å². The summed E-state index contributed by atoms with van der Waals surface area (Å²) in [5.74, 6) is -1.66. The Labute approximate surface area is 220 Å². The third-order valence-electron chi connectivity index (χ3n) is 6.57. The van der Waals surface area contributed by atoms with Crippen LogP contribution in [0.3, 0.4) is 0 Å². The van der Waals surface area contributed by atoms with E-state index >= 15 is 0 Å². The van der Waals surface area contributed by atoms with Crippen molar-refractivity contribution in [3.8, 4) is 11.3 Å². The molecule has 5 rings (SSSR count). The van der Waals surface area contributed by atoms with Crippen molar-refractivity contribution in [2.45, 2.75) is 38.4 Å². The van der Waals surface area contributed by atoms with Crippen LogP contribution in [0.15, 0.2) is 41.8 Å². The van der Waals surface area contributed by atoms with Crippen LogP contribution in [0.25, 0.3) is 11.3 Å². The molecule has 0 spiro atoms. The fourth-order valence-electron chi connectivity index (χ4n) is 4.37. The highest BCUT2D eigenvalue weighted by Crippen LogP contribution is 2.34. The molecule has 2 heterocycles. The van der Waals surface area contributed by atoms with Gasteiger partial charge in [-0.05, 0) is 48.4 Å². The lowest BCUT2D eigenvalue weighted by Crippen LogP contribution is -2.42. The topological polar surface area (TPSA) is 74.3 Å². The summed E-state index contributed by atoms with van der Waals surface area (Å²) in [5.41, 5.74) is 5.09. The molecule has 0 atom stereocenters. The van der Waals surface area contributed by atoms with E-state index in [-0.39, 0.29) is 31.3 Å². The molecule has 3 aromatic rings. The van der Waals surface area contributed by atoms with Gasteiger partial charge >= 0.3 is 12.1 Å². The summed E-state index contributed by atoms with van der Waals surface area (Å²) in [6, 6.07) is 11.4. The number of halogens is 4. The molecule has 6 nitrogen and oxygen atoms in total. The standard InChI is InChI=1S/C26H24ClF3N4O2S/c27-20-8-7-16-9-11-34(24(36)26(28,29)30)12-10-19(16)22(20)31-13-15-1-3-17(4-2-15)21-14-37-25(32-21)33-23(35)18-5-6-18/h1-4,7-8,14,18,31H,5-6,9-13H2,(H,32,33,35). The number of aromatic nitrogens is 1. The van der Waals surface area contributed by atoms with Crippen LogP contribution in [0.2, 0.25) is 5.02 Å². The second-order valence-electron chi connectivity index (χ2n) is 9.20. The summed E-state index contributed by atoms with van der Waals surface area (Å²) in [6.07, 6.45) is -2.40. The molecule has 1 saturated carbocycles. The summed E-state index contributed by atoms with van der Waals surface area (Å²) in [4.78, 5) is 29.0. The average molecular weight is 549 g/mol. The molecule has 1 fully saturated rings. The van der Waals surface area contributed by atoms with Crippen molar-refractivity contribution < 1.29 is 22.8 Å². The highest BCUT2D eigenvalue weighted by molar-refractivity contribution is 7.14. The number of hydrogen-bond acceptors (Lipinski definition) is 5. The number of carbonyl (C=O) groups excluding carboxylic acids is 2. The highest BCUT2D eigenvalue weighted by atomic mass is 35.5. The number of alkyl halides is 3. The van der Waals surface area contributed by atoms with Crippen molar-refractivity contribution >= 4 is 45.6 Å². The number of carbonyl (C=O) groups is 2. The number of amides is 2. The lowest BCUT2D eigenvalue weighted by Gasteiger charge is -2.21. The molecule has 2 N–H and O–H groups in total. The van der Waals surface area contributed by atoms with Crippen LogP contribution < -0.4 is 10.6 Å². The van der Waals surface area contributed by atoms with Crippen molar-refractivity contribution in [3.63, 3.8) is 0 Å². The van der Waals surface area contributed by atoms with Gasteiger partial charge in [-0.25, -0.2) is 4.98 Å². The quantitative estimate of drug-likeness (QED) is 0.401. The third-order valence-corrected chi connectivity index (χ3v) is 7.65. The smallest absolute Gasteiger partial charge is 0.380 e. The number of nitrogens with one attached hydrogen (secondary N) is 2. The maximum atomic E-state index is 12.9. The highest BCUT2D eigenvalue weighted by Gasteiger charge is 2.42. The summed E-state index contributed by atoms with van der Waals surface area (Å²) < 4.78 is 38.8. The predicted octanol–water partition coefficient (Wildman–Crippen LogP) is 5.91. The van der Waals surface area contributed by atoms with E-state index in [1.54, 1.807) is 6.07 Å². The van der Waals surface area contributed by atoms with Crippen LogP contribution in [-0.2, 0) is 29.0 Å². The maximum absolute atomic E-state index is 12.9. The first-order valence-electron chi connectivity index (χ1n) is 11.9. The van der Waals surface area contributed by atoms with Crippen LogP contribution in [0, 0.1) is 5.92 Å². The van der Waals surface area contributed by atoms with Gasteiger partial charge in [-0.2, -0.15) is 13.2 Å². The number of hydrogen-bond donors (Lipinski definition) is 2. The first-order chi connectivity index (χ1) is 17.7. The number of benzene rings is 2. The van der Waals surface area contributed by atoms with Gasteiger partial charge in [0, 0.05) is 36.5 Å². The van der Waals surface area contributed by atoms with Crippen molar-refractivity contribution in [3.05, 3.63) is 63.5 Å². The second kappa shape index (κ2) is 10.3. The Bertz CT molecular complexity index is 1320. The van der Waals surface area contributed by atoms with E-state index in [2.05, 4.69) is 15.6 Å². The zero-order valence-electron chi connectivity index (χ0n) is 19.7. The van der Waals surface area contributed by atoms with Crippen molar-refractivity contribution in [2.24, 2.45) is 5.92 Å². The van der Waals surface area contributed by atoms with Crippen LogP contribution in [0.1, 0.15) is 29.5 Å². The molecule has 2 aromatic carbocycles. The number of anilines is 2. The average Bonchev–Trinajstić information content (AvgIpc) is 3.66. The van der Waals surface area contributed by atoms with Crippen molar-refractivity contribution in [1.82, 2.24) is 9.88 Å². The van der Waals surface area contributed by atoms with E-state index in [4.69, 9.17) is 11.6 Å². The Kier molecular flexibility index (Phi) is 7.13. The molecule has 1 aliphatic carbocycles. The normalized spacial score (nSPS) is 15.6. The van der Waals surface area contributed by atoms with Gasteiger partial charge in [0.2, 0.25) is 5.91 Å². The van der Waals surface area contributed by atoms with Crippen LogP contribution in [0.4, 0.5) is 24.0 Å². The molecule has 37 heavy (non-hydrogen) atoms. The van der Waals surface area contributed by atoms with Crippen molar-refractivity contribution in [2.75, 3.05) is 23.7 Å². The molecule has 0 saturated heterocycles. The monoisotopic (exact) mass is 548 g/mol. The fraction of sp³-hybridized carbons (Fsp3) is 0.346. The predicted molar refractivity (Wildman–Crippen MR) is 138 cm³/mol. The van der Waals surface area contributed by atoms with Crippen LogP contribution >= 0.6 is 22.9 Å². The lowest BCUT2D eigenvalue weighted by molar-refractivity contribution is -0.185. The van der Waals surface area contributed by atoms with Gasteiger partial charge < -0.3 is 15.5 Å². The number of nitrogens with zero attached hydrogens (tertiary/aromatic N) is 2. The molecule has 2 amide bonds. The molecule has 194 valence electrons. The van der Waals surface area contributed by atoms with Gasteiger partial charge in [0.05, 0.1) is 16.4 Å². The molecule has 1 aliphatic heterocycles. The Morgan fingerprint density at radius 2 is 1.81 bits per heavy atom. The summed E-state index contributed by atoms with van der Waals surface area (Å²) in [6.45, 7) is 0.448. The molecular formula is C26H24ClF3N4O2S. The molecule has 0 bridgehead atoms. The lowest BCUT2D eigenvalue weighted by atomic mass is 10.0. The van der Waals surface area contributed by atoms with E-state index in [9.17, 15) is 22.8 Å². The zero-order valence-corrected chi connectivity index (χ0v) is 21.3. The Morgan fingerprint density at radius 3 is 2.51 bits per heavy atom. The first kappa shape index (κ1) is 25.5. The molecule has 2 aliphatic rings. The molecule has 0 radical (unpaired) electrons. The van der Waals surface area contributed by atoms with E-state index in [0.29, 0.717) is 28.8 Å². The largest absolute Gasteiger partial charge is 0.471 e. The molecule has 11 heteroatoms. The van der Waals surface area contributed by atoms with Gasteiger partial charge in [0.1, 0.15) is 0 Å². The third kappa shape index (κ3) is 5.91. The second-order valence-corrected chi connectivity index (χ2v) is 10.5. The minimum atomic E-state index is -4.88. The zero-order chi connectivity index (χ0) is 26.2. The van der Waals surface area contributed by atoms with Crippen molar-refractivity contribution in [1.29, 1.82) is 0 Å². The molecule has 1 aromatic heterocycles. The minimum Gasteiger partial charge on any atom is -0.380 e. The summed E-state index contributed by atoms with van der Waals surface area (Å²) in [7, 11) is 0. The fourth-order valence-corrected chi connectivity index (χ4v) is 5.34. The van der Waals surface area contributed by atoms with E-state index in [1.165, 1.54) is 11.3 Å². The van der Waals surface area contributed by atoms with Gasteiger partial charge in [-0.1, -0.05) is 41.9 Å². The first-order valence-corrected chi connectivity index (χ1v) is 13.2. The van der Waals surface area contributed by atoms with E-state index in [0.717, 1.165) is 45.7 Å². The number of rotatable bonds is 6. The maximum Gasteiger partial charge on any atom is 0.471 e. The summed E-state index contributed by atoms with van der Waals surface area (Å²) in [5, 5.41) is 9.18. The van der Waals surface area contributed by atoms with Crippen LogP contribution in [-0.4, -0.2) is 41.0 Å². The van der Waals surface area contributed by atoms with Gasteiger partial charge in [-0.3, -0.25) is 9.59 Å². The van der Waals surface area contributed by atoms with Crippen LogP contribution in [0.5, 0.6) is 0 Å². The molecule has 0 unspecified atom stereocenters.